The SMILES string of the molecule is Cc1nc(CN(C(=O)c2ccccn2)C2CC2)cs1. The van der Waals surface area contributed by atoms with Crippen molar-refractivity contribution in [2.75, 3.05) is 0 Å². The first-order valence-corrected chi connectivity index (χ1v) is 7.25. The van der Waals surface area contributed by atoms with Crippen LogP contribution in [0.1, 0.15) is 34.0 Å². The fraction of sp³-hybridized carbons (Fsp3) is 0.357. The van der Waals surface area contributed by atoms with Crippen LogP contribution in [0.15, 0.2) is 29.8 Å². The lowest BCUT2D eigenvalue weighted by molar-refractivity contribution is 0.0722. The van der Waals surface area contributed by atoms with Gasteiger partial charge < -0.3 is 4.90 Å². The van der Waals surface area contributed by atoms with Crippen LogP contribution >= 0.6 is 11.3 Å². The van der Waals surface area contributed by atoms with E-state index in [2.05, 4.69) is 9.97 Å². The molecule has 1 aliphatic carbocycles. The van der Waals surface area contributed by atoms with E-state index in [1.807, 2.05) is 29.3 Å². The highest BCUT2D eigenvalue weighted by Crippen LogP contribution is 2.29. The number of thiazole rings is 1. The van der Waals surface area contributed by atoms with E-state index in [-0.39, 0.29) is 5.91 Å². The van der Waals surface area contributed by atoms with E-state index in [0.29, 0.717) is 18.3 Å². The first kappa shape index (κ1) is 12.3. The van der Waals surface area contributed by atoms with E-state index >= 15 is 0 Å². The zero-order valence-electron chi connectivity index (χ0n) is 10.7. The first-order valence-electron chi connectivity index (χ1n) is 6.37. The molecule has 1 saturated carbocycles. The van der Waals surface area contributed by atoms with Gasteiger partial charge in [0, 0.05) is 17.6 Å². The quantitative estimate of drug-likeness (QED) is 0.860. The van der Waals surface area contributed by atoms with Gasteiger partial charge in [0.1, 0.15) is 5.69 Å². The summed E-state index contributed by atoms with van der Waals surface area (Å²) in [4.78, 5) is 23.0. The van der Waals surface area contributed by atoms with E-state index in [1.54, 1.807) is 23.6 Å². The lowest BCUT2D eigenvalue weighted by Gasteiger charge is -2.20. The molecule has 1 aliphatic rings. The zero-order chi connectivity index (χ0) is 13.2. The molecule has 4 nitrogen and oxygen atoms in total. The molecule has 3 rings (SSSR count). The van der Waals surface area contributed by atoms with Gasteiger partial charge in [-0.1, -0.05) is 6.07 Å². The summed E-state index contributed by atoms with van der Waals surface area (Å²) < 4.78 is 0. The largest absolute Gasteiger partial charge is 0.328 e. The molecule has 0 spiro atoms. The van der Waals surface area contributed by atoms with Crippen molar-refractivity contribution in [2.45, 2.75) is 32.4 Å². The number of nitrogens with zero attached hydrogens (tertiary/aromatic N) is 3. The standard InChI is InChI=1S/C14H15N3OS/c1-10-16-11(9-19-10)8-17(12-5-6-12)14(18)13-4-2-3-7-15-13/h2-4,7,9,12H,5-6,8H2,1H3. The van der Waals surface area contributed by atoms with Crippen molar-refractivity contribution in [3.05, 3.63) is 46.2 Å². The third kappa shape index (κ3) is 2.81. The van der Waals surface area contributed by atoms with Crippen LogP contribution in [0.5, 0.6) is 0 Å². The van der Waals surface area contributed by atoms with Gasteiger partial charge in [-0.25, -0.2) is 4.98 Å². The van der Waals surface area contributed by atoms with Crippen molar-refractivity contribution in [3.63, 3.8) is 0 Å². The predicted octanol–water partition coefficient (Wildman–Crippen LogP) is 2.65. The monoisotopic (exact) mass is 273 g/mol. The third-order valence-corrected chi connectivity index (χ3v) is 3.95. The van der Waals surface area contributed by atoms with Crippen LogP contribution in [0.4, 0.5) is 0 Å². The predicted molar refractivity (Wildman–Crippen MR) is 74.0 cm³/mol. The number of hydrogen-bond acceptors (Lipinski definition) is 4. The minimum Gasteiger partial charge on any atom is -0.328 e. The normalized spacial score (nSPS) is 14.4. The zero-order valence-corrected chi connectivity index (χ0v) is 11.6. The number of rotatable bonds is 4. The Morgan fingerprint density at radius 3 is 2.89 bits per heavy atom. The fourth-order valence-electron chi connectivity index (χ4n) is 2.04. The maximum absolute atomic E-state index is 12.5. The summed E-state index contributed by atoms with van der Waals surface area (Å²) in [6.07, 6.45) is 3.83. The van der Waals surface area contributed by atoms with Crippen LogP contribution < -0.4 is 0 Å². The molecule has 19 heavy (non-hydrogen) atoms. The molecule has 2 aromatic heterocycles. The van der Waals surface area contributed by atoms with E-state index in [9.17, 15) is 4.79 Å². The lowest BCUT2D eigenvalue weighted by atomic mass is 10.3. The molecule has 0 aromatic carbocycles. The third-order valence-electron chi connectivity index (χ3n) is 3.13. The summed E-state index contributed by atoms with van der Waals surface area (Å²) in [5.41, 5.74) is 1.49. The van der Waals surface area contributed by atoms with Gasteiger partial charge >= 0.3 is 0 Å². The molecule has 0 radical (unpaired) electrons. The average Bonchev–Trinajstić information content (AvgIpc) is 3.20. The maximum Gasteiger partial charge on any atom is 0.273 e. The number of amides is 1. The summed E-state index contributed by atoms with van der Waals surface area (Å²) in [7, 11) is 0. The number of carbonyl (C=O) groups excluding carboxylic acids is 1. The Kier molecular flexibility index (Phi) is 3.29. The molecular weight excluding hydrogens is 258 g/mol. The molecule has 1 amide bonds. The average molecular weight is 273 g/mol. The number of aryl methyl sites for hydroxylation is 1. The van der Waals surface area contributed by atoms with Crippen molar-refractivity contribution in [1.29, 1.82) is 0 Å². The molecule has 0 bridgehead atoms. The van der Waals surface area contributed by atoms with Gasteiger partial charge in [-0.3, -0.25) is 9.78 Å². The molecule has 0 N–H and O–H groups in total. The Morgan fingerprint density at radius 2 is 2.32 bits per heavy atom. The van der Waals surface area contributed by atoms with Gasteiger partial charge in [-0.15, -0.1) is 11.3 Å². The van der Waals surface area contributed by atoms with E-state index in [1.165, 1.54) is 0 Å². The lowest BCUT2D eigenvalue weighted by Crippen LogP contribution is -2.33. The Hall–Kier alpha value is -1.75. The van der Waals surface area contributed by atoms with Crippen LogP contribution in [0.25, 0.3) is 0 Å². The van der Waals surface area contributed by atoms with Crippen molar-refractivity contribution in [2.24, 2.45) is 0 Å². The Balaban J connectivity index is 1.79. The second-order valence-corrected chi connectivity index (χ2v) is 5.80. The molecule has 0 aliphatic heterocycles. The van der Waals surface area contributed by atoms with Gasteiger partial charge in [-0.2, -0.15) is 0 Å². The number of aromatic nitrogens is 2. The molecule has 2 aromatic rings. The molecule has 0 saturated heterocycles. The number of carbonyl (C=O) groups is 1. The molecule has 0 atom stereocenters. The van der Waals surface area contributed by atoms with E-state index in [4.69, 9.17) is 0 Å². The van der Waals surface area contributed by atoms with Crippen LogP contribution in [0.2, 0.25) is 0 Å². The van der Waals surface area contributed by atoms with Gasteiger partial charge in [-0.05, 0) is 31.9 Å². The van der Waals surface area contributed by atoms with Crippen molar-refractivity contribution in [3.8, 4) is 0 Å². The minimum atomic E-state index is 0.00810. The van der Waals surface area contributed by atoms with E-state index in [0.717, 1.165) is 23.5 Å². The summed E-state index contributed by atoms with van der Waals surface area (Å²) in [6, 6.07) is 5.79. The second-order valence-electron chi connectivity index (χ2n) is 4.74. The summed E-state index contributed by atoms with van der Waals surface area (Å²) in [5.74, 6) is 0.00810. The van der Waals surface area contributed by atoms with Crippen LogP contribution in [0.3, 0.4) is 0 Å². The van der Waals surface area contributed by atoms with Crippen LogP contribution in [-0.4, -0.2) is 26.8 Å². The summed E-state index contributed by atoms with van der Waals surface area (Å²) in [5, 5.41) is 3.06. The van der Waals surface area contributed by atoms with Gasteiger partial charge in [0.15, 0.2) is 0 Å². The van der Waals surface area contributed by atoms with Crippen molar-refractivity contribution < 1.29 is 4.79 Å². The number of hydrogen-bond donors (Lipinski definition) is 0. The van der Waals surface area contributed by atoms with Crippen molar-refractivity contribution in [1.82, 2.24) is 14.9 Å². The highest BCUT2D eigenvalue weighted by Gasteiger charge is 2.33. The Bertz CT molecular complexity index is 577. The molecule has 2 heterocycles. The molecule has 1 fully saturated rings. The van der Waals surface area contributed by atoms with Gasteiger partial charge in [0.05, 0.1) is 17.2 Å². The molecular formula is C14H15N3OS. The van der Waals surface area contributed by atoms with Crippen LogP contribution in [0, 0.1) is 6.92 Å². The Labute approximate surface area is 116 Å². The maximum atomic E-state index is 12.5. The van der Waals surface area contributed by atoms with Crippen LogP contribution in [-0.2, 0) is 6.54 Å². The number of pyridine rings is 1. The molecule has 5 heteroatoms. The summed E-state index contributed by atoms with van der Waals surface area (Å²) >= 11 is 1.62. The highest BCUT2D eigenvalue weighted by atomic mass is 32.1. The highest BCUT2D eigenvalue weighted by molar-refractivity contribution is 7.09. The fourth-order valence-corrected chi connectivity index (χ4v) is 2.65. The topological polar surface area (TPSA) is 46.1 Å². The Morgan fingerprint density at radius 1 is 1.47 bits per heavy atom. The first-order chi connectivity index (χ1) is 9.24. The van der Waals surface area contributed by atoms with E-state index < -0.39 is 0 Å². The second kappa shape index (κ2) is 5.09. The summed E-state index contributed by atoms with van der Waals surface area (Å²) in [6.45, 7) is 2.57. The van der Waals surface area contributed by atoms with Crippen molar-refractivity contribution >= 4 is 17.2 Å². The van der Waals surface area contributed by atoms with Gasteiger partial charge in [0.2, 0.25) is 0 Å². The minimum absolute atomic E-state index is 0.00810. The molecule has 0 unspecified atom stereocenters. The smallest absolute Gasteiger partial charge is 0.273 e. The molecule has 98 valence electrons. The van der Waals surface area contributed by atoms with Gasteiger partial charge in [0.25, 0.3) is 5.91 Å².